The molecule has 2 aromatic heterocycles. The van der Waals surface area contributed by atoms with Crippen molar-refractivity contribution < 1.29 is 18.4 Å². The van der Waals surface area contributed by atoms with Crippen LogP contribution in [0.2, 0.25) is 10.0 Å². The predicted octanol–water partition coefficient (Wildman–Crippen LogP) is 4.62. The first-order valence-electron chi connectivity index (χ1n) is 11.8. The number of fused-ring (bicyclic) bond motifs is 1. The van der Waals surface area contributed by atoms with E-state index < -0.39 is 33.7 Å². The van der Waals surface area contributed by atoms with Crippen LogP contribution in [0.15, 0.2) is 43.6 Å². The lowest BCUT2D eigenvalue weighted by molar-refractivity contribution is 0.0739. The number of halogens is 5. The van der Waals surface area contributed by atoms with Crippen molar-refractivity contribution in [3.63, 3.8) is 0 Å². The highest BCUT2D eigenvalue weighted by atomic mass is 35.5. The van der Waals surface area contributed by atoms with E-state index in [1.54, 1.807) is 13.1 Å². The number of urea groups is 1. The maximum absolute atomic E-state index is 14.0. The van der Waals surface area contributed by atoms with Crippen molar-refractivity contribution in [2.24, 2.45) is 0 Å². The molecule has 2 aliphatic heterocycles. The third kappa shape index (κ3) is 5.30. The number of benzene rings is 1. The predicted molar refractivity (Wildman–Crippen MR) is 146 cm³/mol. The normalized spacial score (nSPS) is 15.6. The Labute approximate surface area is 244 Å². The minimum absolute atomic E-state index is 0.0470. The largest absolute Gasteiger partial charge is 0.362 e. The first kappa shape index (κ1) is 28.4. The van der Waals surface area contributed by atoms with E-state index >= 15 is 0 Å². The first-order valence-corrected chi connectivity index (χ1v) is 13.7. The quantitative estimate of drug-likeness (QED) is 0.397. The SMILES string of the molecule is CN1CCCN(c2nc3c(c(=O)[nH]2)CN(C(=O)c2c(Sc4c(Cl)cccc4Cl)cc(C(F)(F)Cl)[nH]c2=O)C3)C1=O. The molecule has 4 heterocycles. The third-order valence-electron chi connectivity index (χ3n) is 6.40. The molecule has 210 valence electrons. The molecule has 1 aromatic carbocycles. The number of rotatable bonds is 5. The molecule has 0 radical (unpaired) electrons. The van der Waals surface area contributed by atoms with Crippen LogP contribution in [0.1, 0.15) is 33.7 Å². The van der Waals surface area contributed by atoms with Crippen molar-refractivity contribution in [3.8, 4) is 0 Å². The molecule has 3 amide bonds. The molecule has 0 atom stereocenters. The van der Waals surface area contributed by atoms with Crippen LogP contribution in [0, 0.1) is 0 Å². The molecule has 0 spiro atoms. The Morgan fingerprint density at radius 2 is 1.77 bits per heavy atom. The van der Waals surface area contributed by atoms with E-state index in [0.717, 1.165) is 17.8 Å². The molecular weight excluding hydrogens is 613 g/mol. The molecule has 0 unspecified atom stereocenters. The van der Waals surface area contributed by atoms with Gasteiger partial charge in [-0.25, -0.2) is 9.78 Å². The minimum atomic E-state index is -3.93. The van der Waals surface area contributed by atoms with E-state index in [1.807, 2.05) is 4.98 Å². The summed E-state index contributed by atoms with van der Waals surface area (Å²) in [5.41, 5.74) is -2.63. The van der Waals surface area contributed by atoms with Crippen molar-refractivity contribution in [1.29, 1.82) is 0 Å². The molecule has 0 aliphatic carbocycles. The van der Waals surface area contributed by atoms with E-state index in [2.05, 4.69) is 9.97 Å². The Hall–Kier alpha value is -3.13. The van der Waals surface area contributed by atoms with E-state index in [1.165, 1.54) is 26.8 Å². The number of nitrogens with one attached hydrogen (secondary N) is 2. The van der Waals surface area contributed by atoms with Gasteiger partial charge in [0, 0.05) is 29.9 Å². The highest BCUT2D eigenvalue weighted by Crippen LogP contribution is 2.41. The number of pyridine rings is 1. The van der Waals surface area contributed by atoms with Crippen LogP contribution < -0.4 is 16.0 Å². The molecule has 5 rings (SSSR count). The Morgan fingerprint density at radius 3 is 2.45 bits per heavy atom. The number of amides is 3. The van der Waals surface area contributed by atoms with Crippen molar-refractivity contribution in [1.82, 2.24) is 24.8 Å². The third-order valence-corrected chi connectivity index (χ3v) is 8.64. The van der Waals surface area contributed by atoms with E-state index in [4.69, 9.17) is 34.8 Å². The average Bonchev–Trinajstić information content (AvgIpc) is 3.32. The number of carbonyl (C=O) groups is 2. The van der Waals surface area contributed by atoms with Gasteiger partial charge in [-0.05, 0) is 36.2 Å². The number of H-pyrrole nitrogens is 2. The summed E-state index contributed by atoms with van der Waals surface area (Å²) < 4.78 is 27.9. The van der Waals surface area contributed by atoms with Gasteiger partial charge in [-0.15, -0.1) is 0 Å². The number of hydrogen-bond donors (Lipinski definition) is 2. The van der Waals surface area contributed by atoms with Gasteiger partial charge in [0.15, 0.2) is 0 Å². The molecule has 10 nitrogen and oxygen atoms in total. The van der Waals surface area contributed by atoms with E-state index in [0.29, 0.717) is 19.5 Å². The Kier molecular flexibility index (Phi) is 7.59. The van der Waals surface area contributed by atoms with Gasteiger partial charge in [-0.2, -0.15) is 8.78 Å². The molecule has 40 heavy (non-hydrogen) atoms. The molecule has 1 fully saturated rings. The van der Waals surface area contributed by atoms with Crippen molar-refractivity contribution in [2.45, 2.75) is 34.7 Å². The smallest absolute Gasteiger partial charge is 0.328 e. The number of alkyl halides is 3. The standard InChI is InChI=1S/C24H19Cl3F2N6O4S/c1-33-6-3-7-35(23(33)39)22-30-14-10-34(9-11(14)19(36)32-22)21(38)17-15(8-16(24(27,28)29)31-20(17)37)40-18-12(25)4-2-5-13(18)26/h2,4-5,8H,3,6-7,9-10H2,1H3,(H,31,37)(H,30,32,36). The lowest BCUT2D eigenvalue weighted by Gasteiger charge is -2.32. The number of carbonyl (C=O) groups excluding carboxylic acids is 2. The average molecular weight is 632 g/mol. The van der Waals surface area contributed by atoms with Crippen molar-refractivity contribution >= 4 is 64.5 Å². The zero-order valence-electron chi connectivity index (χ0n) is 20.6. The Bertz CT molecular complexity index is 1640. The van der Waals surface area contributed by atoms with Crippen LogP contribution in [0.4, 0.5) is 19.5 Å². The zero-order chi connectivity index (χ0) is 28.9. The minimum Gasteiger partial charge on any atom is -0.328 e. The molecule has 3 aromatic rings. The van der Waals surface area contributed by atoms with Gasteiger partial charge in [0.2, 0.25) is 5.95 Å². The zero-order valence-corrected chi connectivity index (χ0v) is 23.6. The van der Waals surface area contributed by atoms with Gasteiger partial charge < -0.3 is 14.8 Å². The monoisotopic (exact) mass is 630 g/mol. The molecule has 0 saturated carbocycles. The number of aromatic amines is 2. The van der Waals surface area contributed by atoms with Crippen LogP contribution in [-0.4, -0.2) is 56.8 Å². The lowest BCUT2D eigenvalue weighted by Crippen LogP contribution is -2.48. The summed E-state index contributed by atoms with van der Waals surface area (Å²) >= 11 is 18.4. The Balaban J connectivity index is 1.51. The number of hydrogen-bond acceptors (Lipinski definition) is 6. The molecule has 2 aliphatic rings. The van der Waals surface area contributed by atoms with Gasteiger partial charge in [0.05, 0.1) is 34.4 Å². The maximum atomic E-state index is 14.0. The number of anilines is 1. The first-order chi connectivity index (χ1) is 18.8. The Morgan fingerprint density at radius 1 is 1.07 bits per heavy atom. The van der Waals surface area contributed by atoms with Gasteiger partial charge in [0.1, 0.15) is 11.3 Å². The second kappa shape index (κ2) is 10.7. The molecule has 1 saturated heterocycles. The van der Waals surface area contributed by atoms with E-state index in [-0.39, 0.29) is 56.2 Å². The van der Waals surface area contributed by atoms with Gasteiger partial charge in [-0.1, -0.05) is 41.0 Å². The summed E-state index contributed by atoms with van der Waals surface area (Å²) in [5.74, 6) is -0.796. The lowest BCUT2D eigenvalue weighted by atomic mass is 10.2. The topological polar surface area (TPSA) is 122 Å². The van der Waals surface area contributed by atoms with Gasteiger partial charge >= 0.3 is 11.4 Å². The van der Waals surface area contributed by atoms with Crippen LogP contribution in [0.3, 0.4) is 0 Å². The molecule has 2 N–H and O–H groups in total. The molecule has 16 heteroatoms. The van der Waals surface area contributed by atoms with E-state index in [9.17, 15) is 28.0 Å². The van der Waals surface area contributed by atoms with Crippen LogP contribution >= 0.6 is 46.6 Å². The number of aromatic nitrogens is 3. The van der Waals surface area contributed by atoms with Crippen molar-refractivity contribution in [3.05, 3.63) is 77.5 Å². The summed E-state index contributed by atoms with van der Waals surface area (Å²) in [4.78, 5) is 65.2. The summed E-state index contributed by atoms with van der Waals surface area (Å²) in [7, 11) is 1.63. The highest BCUT2D eigenvalue weighted by molar-refractivity contribution is 7.99. The molecule has 0 bridgehead atoms. The van der Waals surface area contributed by atoms with Gasteiger partial charge in [-0.3, -0.25) is 24.3 Å². The fraction of sp³-hybridized carbons (Fsp3) is 0.292. The van der Waals surface area contributed by atoms with Gasteiger partial charge in [0.25, 0.3) is 17.0 Å². The van der Waals surface area contributed by atoms with Crippen LogP contribution in [0.5, 0.6) is 0 Å². The number of nitrogens with zero attached hydrogens (tertiary/aromatic N) is 4. The fourth-order valence-corrected chi connectivity index (χ4v) is 6.14. The summed E-state index contributed by atoms with van der Waals surface area (Å²) in [5, 5.41) is -3.59. The van der Waals surface area contributed by atoms with Crippen molar-refractivity contribution in [2.75, 3.05) is 25.0 Å². The van der Waals surface area contributed by atoms with Crippen LogP contribution in [-0.2, 0) is 18.5 Å². The second-order valence-corrected chi connectivity index (χ2v) is 11.4. The summed E-state index contributed by atoms with van der Waals surface area (Å²) in [6.07, 6.45) is 0.670. The maximum Gasteiger partial charge on any atom is 0.362 e. The fourth-order valence-electron chi connectivity index (χ4n) is 4.40. The summed E-state index contributed by atoms with van der Waals surface area (Å²) in [6, 6.07) is 5.16. The second-order valence-electron chi connectivity index (χ2n) is 9.09. The summed E-state index contributed by atoms with van der Waals surface area (Å²) in [6.45, 7) is 0.558. The molecular formula is C24H19Cl3F2N6O4S. The van der Waals surface area contributed by atoms with Crippen LogP contribution in [0.25, 0.3) is 0 Å². The highest BCUT2D eigenvalue weighted by Gasteiger charge is 2.36.